The average Bonchev–Trinajstić information content (AvgIpc) is 1.79. The Morgan fingerprint density at radius 2 is 2.40 bits per heavy atom. The molecule has 1 rings (SSSR count). The van der Waals surface area contributed by atoms with Gasteiger partial charge in [-0.2, -0.15) is 0 Å². The van der Waals surface area contributed by atoms with Crippen molar-refractivity contribution in [2.75, 3.05) is 6.61 Å². The van der Waals surface area contributed by atoms with Gasteiger partial charge in [-0.1, -0.05) is 12.8 Å². The van der Waals surface area contributed by atoms with Crippen LogP contribution in [-0.2, 0) is 4.74 Å². The molecule has 2 unspecified atom stereocenters. The highest BCUT2D eigenvalue weighted by Crippen LogP contribution is 2.16. The molecule has 0 amide bonds. The largest absolute Gasteiger partial charge is 0.377 e. The van der Waals surface area contributed by atoms with Crippen molar-refractivity contribution in [2.24, 2.45) is 5.92 Å². The van der Waals surface area contributed by atoms with E-state index in [1.807, 2.05) is 0 Å². The quantitative estimate of drug-likeness (QED) is 0.538. The predicted octanol–water partition coefficient (Wildman–Crippen LogP) is 1.82. The van der Waals surface area contributed by atoms with Crippen LogP contribution in [0.3, 0.4) is 0 Å². The summed E-state index contributed by atoms with van der Waals surface area (Å²) in [5.41, 5.74) is 0. The molecule has 0 aromatic carbocycles. The molecule has 0 heterocycles. The molecule has 2 atom stereocenters. The van der Waals surface area contributed by atoms with Gasteiger partial charge in [0, 0.05) is 13.0 Å². The van der Waals surface area contributed by atoms with Gasteiger partial charge in [-0.05, 0) is 13.3 Å². The van der Waals surface area contributed by atoms with Crippen LogP contribution in [0, 0.1) is 17.8 Å². The lowest BCUT2D eigenvalue weighted by atomic mass is 9.94. The molecule has 1 aliphatic rings. The Kier molecular flexibility index (Phi) is 2.77. The van der Waals surface area contributed by atoms with Crippen LogP contribution in [0.1, 0.15) is 26.7 Å². The van der Waals surface area contributed by atoms with Gasteiger partial charge in [0.15, 0.2) is 0 Å². The first kappa shape index (κ1) is 7.63. The van der Waals surface area contributed by atoms with Gasteiger partial charge in [0.2, 0.25) is 0 Å². The standard InChI is InChI=1S/C9H14O/c1-3-7-10-8(2)9-5-4-6-9/h8-9H,3,5,7H2,1-2H3. The van der Waals surface area contributed by atoms with Crippen molar-refractivity contribution in [2.45, 2.75) is 32.8 Å². The molecule has 0 aromatic rings. The van der Waals surface area contributed by atoms with Gasteiger partial charge in [-0.25, -0.2) is 0 Å². The third kappa shape index (κ3) is 1.75. The summed E-state index contributed by atoms with van der Waals surface area (Å²) in [6, 6.07) is 0. The smallest absolute Gasteiger partial charge is 0.0693 e. The van der Waals surface area contributed by atoms with Crippen molar-refractivity contribution in [3.8, 4) is 11.8 Å². The molecule has 0 N–H and O–H groups in total. The van der Waals surface area contributed by atoms with E-state index < -0.39 is 0 Å². The van der Waals surface area contributed by atoms with Crippen molar-refractivity contribution in [3.63, 3.8) is 0 Å². The fourth-order valence-electron chi connectivity index (χ4n) is 0.923. The lowest BCUT2D eigenvalue weighted by Crippen LogP contribution is -2.22. The van der Waals surface area contributed by atoms with Gasteiger partial charge in [0.05, 0.1) is 12.0 Å². The molecule has 1 nitrogen and oxygen atoms in total. The summed E-state index contributed by atoms with van der Waals surface area (Å²) in [5.74, 6) is 6.59. The maximum Gasteiger partial charge on any atom is 0.0693 e. The zero-order valence-corrected chi connectivity index (χ0v) is 6.68. The monoisotopic (exact) mass is 138 g/mol. The van der Waals surface area contributed by atoms with Crippen LogP contribution >= 0.6 is 0 Å². The van der Waals surface area contributed by atoms with E-state index in [4.69, 9.17) is 4.74 Å². The van der Waals surface area contributed by atoms with Gasteiger partial charge in [0.25, 0.3) is 0 Å². The topological polar surface area (TPSA) is 9.23 Å². The van der Waals surface area contributed by atoms with E-state index in [1.165, 1.54) is 0 Å². The average molecular weight is 138 g/mol. The summed E-state index contributed by atoms with van der Waals surface area (Å²) in [4.78, 5) is 0. The molecule has 0 saturated heterocycles. The van der Waals surface area contributed by atoms with Crippen molar-refractivity contribution >= 4 is 0 Å². The first-order chi connectivity index (χ1) is 4.84. The molecule has 0 saturated carbocycles. The van der Waals surface area contributed by atoms with E-state index in [9.17, 15) is 0 Å². The van der Waals surface area contributed by atoms with Crippen LogP contribution in [0.25, 0.3) is 0 Å². The van der Waals surface area contributed by atoms with Gasteiger partial charge in [0.1, 0.15) is 0 Å². The SMILES string of the molecule is CCCOC(C)C1C#CC1. The van der Waals surface area contributed by atoms with Crippen LogP contribution in [-0.4, -0.2) is 12.7 Å². The zero-order chi connectivity index (χ0) is 7.40. The molecule has 0 fully saturated rings. The number of hydrogen-bond donors (Lipinski definition) is 0. The summed E-state index contributed by atoms with van der Waals surface area (Å²) in [5, 5.41) is 0. The predicted molar refractivity (Wildman–Crippen MR) is 41.6 cm³/mol. The molecule has 10 heavy (non-hydrogen) atoms. The highest BCUT2D eigenvalue weighted by molar-refractivity contribution is 5.18. The summed E-state index contributed by atoms with van der Waals surface area (Å²) in [6.45, 7) is 5.10. The summed E-state index contributed by atoms with van der Waals surface area (Å²) in [6.07, 6.45) is 2.48. The van der Waals surface area contributed by atoms with E-state index >= 15 is 0 Å². The molecule has 1 aliphatic carbocycles. The molecule has 1 heteroatoms. The fraction of sp³-hybridized carbons (Fsp3) is 0.778. The zero-order valence-electron chi connectivity index (χ0n) is 6.68. The molecule has 0 spiro atoms. The first-order valence-corrected chi connectivity index (χ1v) is 3.94. The second-order valence-corrected chi connectivity index (χ2v) is 2.71. The van der Waals surface area contributed by atoms with E-state index in [1.54, 1.807) is 0 Å². The van der Waals surface area contributed by atoms with Gasteiger partial charge in [-0.15, -0.1) is 5.92 Å². The van der Waals surface area contributed by atoms with Gasteiger partial charge in [-0.3, -0.25) is 0 Å². The molecular formula is C9H14O. The third-order valence-corrected chi connectivity index (χ3v) is 1.76. The molecule has 0 bridgehead atoms. The summed E-state index contributed by atoms with van der Waals surface area (Å²) in [7, 11) is 0. The van der Waals surface area contributed by atoms with E-state index in [2.05, 4.69) is 25.7 Å². The van der Waals surface area contributed by atoms with Crippen molar-refractivity contribution in [1.29, 1.82) is 0 Å². The lowest BCUT2D eigenvalue weighted by Gasteiger charge is -2.21. The maximum atomic E-state index is 5.49. The van der Waals surface area contributed by atoms with Crippen LogP contribution in [0.15, 0.2) is 0 Å². The first-order valence-electron chi connectivity index (χ1n) is 3.94. The Bertz CT molecular complexity index is 152. The molecule has 0 aromatic heterocycles. The summed E-state index contributed by atoms with van der Waals surface area (Å²) >= 11 is 0. The minimum atomic E-state index is 0.348. The Balaban J connectivity index is 2.11. The number of ether oxygens (including phenoxy) is 1. The minimum absolute atomic E-state index is 0.348. The second kappa shape index (κ2) is 3.63. The fourth-order valence-corrected chi connectivity index (χ4v) is 0.923. The van der Waals surface area contributed by atoms with Crippen LogP contribution in [0.5, 0.6) is 0 Å². The maximum absolute atomic E-state index is 5.49. The minimum Gasteiger partial charge on any atom is -0.377 e. The molecular weight excluding hydrogens is 124 g/mol. The Morgan fingerprint density at radius 3 is 2.80 bits per heavy atom. The molecule has 56 valence electrons. The van der Waals surface area contributed by atoms with Gasteiger partial charge >= 0.3 is 0 Å². The van der Waals surface area contributed by atoms with E-state index in [-0.39, 0.29) is 0 Å². The van der Waals surface area contributed by atoms with Gasteiger partial charge < -0.3 is 4.74 Å². The number of hydrogen-bond acceptors (Lipinski definition) is 1. The van der Waals surface area contributed by atoms with Crippen LogP contribution in [0.4, 0.5) is 0 Å². The summed E-state index contributed by atoms with van der Waals surface area (Å²) < 4.78 is 5.49. The molecule has 0 radical (unpaired) electrons. The Hall–Kier alpha value is -0.480. The highest BCUT2D eigenvalue weighted by atomic mass is 16.5. The Morgan fingerprint density at radius 1 is 1.70 bits per heavy atom. The Labute approximate surface area is 62.8 Å². The highest BCUT2D eigenvalue weighted by Gasteiger charge is 2.17. The van der Waals surface area contributed by atoms with Crippen LogP contribution < -0.4 is 0 Å². The number of rotatable bonds is 4. The van der Waals surface area contributed by atoms with Crippen molar-refractivity contribution in [3.05, 3.63) is 0 Å². The normalized spacial score (nSPS) is 24.4. The second-order valence-electron chi connectivity index (χ2n) is 2.71. The van der Waals surface area contributed by atoms with E-state index in [0.29, 0.717) is 12.0 Å². The van der Waals surface area contributed by atoms with Crippen molar-refractivity contribution < 1.29 is 4.74 Å². The third-order valence-electron chi connectivity index (χ3n) is 1.76. The lowest BCUT2D eigenvalue weighted by molar-refractivity contribution is 0.0400. The van der Waals surface area contributed by atoms with Crippen molar-refractivity contribution in [1.82, 2.24) is 0 Å². The molecule has 0 aliphatic heterocycles. The van der Waals surface area contributed by atoms with Crippen LogP contribution in [0.2, 0.25) is 0 Å². The van der Waals surface area contributed by atoms with E-state index in [0.717, 1.165) is 19.4 Å².